The van der Waals surface area contributed by atoms with Crippen LogP contribution in [0.25, 0.3) is 0 Å². The molecule has 2 fully saturated rings. The predicted molar refractivity (Wildman–Crippen MR) is 66.3 cm³/mol. The second-order valence-electron chi connectivity index (χ2n) is 5.58. The fourth-order valence-corrected chi connectivity index (χ4v) is 3.15. The van der Waals surface area contributed by atoms with E-state index in [0.29, 0.717) is 6.04 Å². The van der Waals surface area contributed by atoms with Gasteiger partial charge in [-0.1, -0.05) is 12.8 Å². The van der Waals surface area contributed by atoms with Crippen molar-refractivity contribution in [1.29, 1.82) is 0 Å². The standard InChI is InChI=1S/C13H24N2O2/c14-13(17)9-5-7-10(8-6-9)15-11-3-1-2-4-12(11)16/h9-12,15-16H,1-8H2,(H2,14,17)/t9?,10?,11-,12-/m1/s1. The molecule has 0 aromatic rings. The van der Waals surface area contributed by atoms with Crippen molar-refractivity contribution in [3.05, 3.63) is 0 Å². The quantitative estimate of drug-likeness (QED) is 0.686. The van der Waals surface area contributed by atoms with Crippen molar-refractivity contribution in [1.82, 2.24) is 5.32 Å². The number of aliphatic hydroxyl groups excluding tert-OH is 1. The van der Waals surface area contributed by atoms with E-state index < -0.39 is 0 Å². The number of amides is 1. The third kappa shape index (κ3) is 3.42. The highest BCUT2D eigenvalue weighted by molar-refractivity contribution is 5.76. The molecule has 2 saturated carbocycles. The zero-order valence-electron chi connectivity index (χ0n) is 10.4. The second-order valence-corrected chi connectivity index (χ2v) is 5.58. The number of primary amides is 1. The van der Waals surface area contributed by atoms with Crippen LogP contribution in [0, 0.1) is 5.92 Å². The highest BCUT2D eigenvalue weighted by Gasteiger charge is 2.29. The fourth-order valence-electron chi connectivity index (χ4n) is 3.15. The van der Waals surface area contributed by atoms with E-state index in [1.54, 1.807) is 0 Å². The molecule has 0 aromatic carbocycles. The van der Waals surface area contributed by atoms with E-state index in [-0.39, 0.29) is 24.0 Å². The molecule has 2 aliphatic carbocycles. The lowest BCUT2D eigenvalue weighted by Crippen LogP contribution is -2.48. The Balaban J connectivity index is 1.75. The van der Waals surface area contributed by atoms with E-state index >= 15 is 0 Å². The van der Waals surface area contributed by atoms with Gasteiger partial charge in [-0.25, -0.2) is 0 Å². The van der Waals surface area contributed by atoms with Gasteiger partial charge in [0.05, 0.1) is 6.10 Å². The Morgan fingerprint density at radius 1 is 1.06 bits per heavy atom. The highest BCUT2D eigenvalue weighted by Crippen LogP contribution is 2.26. The molecule has 0 aliphatic heterocycles. The zero-order chi connectivity index (χ0) is 12.3. The summed E-state index contributed by atoms with van der Waals surface area (Å²) in [4.78, 5) is 11.1. The van der Waals surface area contributed by atoms with E-state index in [9.17, 15) is 9.90 Å². The minimum absolute atomic E-state index is 0.0735. The van der Waals surface area contributed by atoms with E-state index in [1.807, 2.05) is 0 Å². The lowest BCUT2D eigenvalue weighted by Gasteiger charge is -2.35. The van der Waals surface area contributed by atoms with E-state index in [2.05, 4.69) is 5.32 Å². The normalized spacial score (nSPS) is 38.9. The van der Waals surface area contributed by atoms with Gasteiger partial charge in [-0.2, -0.15) is 0 Å². The Bertz CT molecular complexity index is 262. The van der Waals surface area contributed by atoms with Gasteiger partial charge >= 0.3 is 0 Å². The van der Waals surface area contributed by atoms with Gasteiger partial charge in [0.2, 0.25) is 5.91 Å². The first-order chi connectivity index (χ1) is 8.16. The highest BCUT2D eigenvalue weighted by atomic mass is 16.3. The fraction of sp³-hybridized carbons (Fsp3) is 0.923. The Hall–Kier alpha value is -0.610. The van der Waals surface area contributed by atoms with Crippen molar-refractivity contribution in [2.24, 2.45) is 11.7 Å². The molecule has 17 heavy (non-hydrogen) atoms. The second kappa shape index (κ2) is 5.83. The van der Waals surface area contributed by atoms with Gasteiger partial charge in [0.1, 0.15) is 0 Å². The topological polar surface area (TPSA) is 75.4 Å². The maximum Gasteiger partial charge on any atom is 0.220 e. The third-order valence-corrected chi connectivity index (χ3v) is 4.31. The van der Waals surface area contributed by atoms with Crippen LogP contribution in [0.2, 0.25) is 0 Å². The summed E-state index contributed by atoms with van der Waals surface area (Å²) in [5, 5.41) is 13.5. The minimum atomic E-state index is -0.183. The van der Waals surface area contributed by atoms with Crippen molar-refractivity contribution in [2.45, 2.75) is 69.6 Å². The van der Waals surface area contributed by atoms with Crippen molar-refractivity contribution >= 4 is 5.91 Å². The molecule has 98 valence electrons. The molecular formula is C13H24N2O2. The van der Waals surface area contributed by atoms with Crippen molar-refractivity contribution in [3.63, 3.8) is 0 Å². The molecule has 4 nitrogen and oxygen atoms in total. The van der Waals surface area contributed by atoms with Crippen LogP contribution >= 0.6 is 0 Å². The number of aliphatic hydroxyl groups is 1. The number of nitrogens with one attached hydrogen (secondary N) is 1. The summed E-state index contributed by atoms with van der Waals surface area (Å²) < 4.78 is 0. The molecule has 2 rings (SSSR count). The van der Waals surface area contributed by atoms with Crippen LogP contribution in [0.3, 0.4) is 0 Å². The zero-order valence-corrected chi connectivity index (χ0v) is 10.4. The number of rotatable bonds is 3. The maximum atomic E-state index is 11.1. The first-order valence-electron chi connectivity index (χ1n) is 6.90. The van der Waals surface area contributed by atoms with Crippen LogP contribution in [0.15, 0.2) is 0 Å². The molecule has 2 atom stereocenters. The molecule has 0 aromatic heterocycles. The molecule has 1 amide bonds. The minimum Gasteiger partial charge on any atom is -0.392 e. The molecule has 4 N–H and O–H groups in total. The van der Waals surface area contributed by atoms with Gasteiger partial charge in [0.25, 0.3) is 0 Å². The Kier molecular flexibility index (Phi) is 4.40. The monoisotopic (exact) mass is 240 g/mol. The van der Waals surface area contributed by atoms with Gasteiger partial charge in [-0.3, -0.25) is 4.79 Å². The lowest BCUT2D eigenvalue weighted by atomic mass is 9.84. The van der Waals surface area contributed by atoms with Gasteiger partial charge in [-0.05, 0) is 38.5 Å². The number of hydrogen-bond acceptors (Lipinski definition) is 3. The van der Waals surface area contributed by atoms with E-state index in [1.165, 1.54) is 6.42 Å². The molecule has 0 heterocycles. The Labute approximate surface area is 103 Å². The van der Waals surface area contributed by atoms with Crippen LogP contribution in [0.1, 0.15) is 51.4 Å². The molecule has 4 heteroatoms. The summed E-state index contributed by atoms with van der Waals surface area (Å²) in [6, 6.07) is 0.724. The summed E-state index contributed by atoms with van der Waals surface area (Å²) in [6.07, 6.45) is 8.00. The average Bonchev–Trinajstić information content (AvgIpc) is 2.33. The van der Waals surface area contributed by atoms with Crippen LogP contribution in [0.5, 0.6) is 0 Å². The summed E-state index contributed by atoms with van der Waals surface area (Å²) in [5.74, 6) is -0.0783. The smallest absolute Gasteiger partial charge is 0.220 e. The van der Waals surface area contributed by atoms with Crippen LogP contribution in [-0.2, 0) is 4.79 Å². The summed E-state index contributed by atoms with van der Waals surface area (Å²) >= 11 is 0. The molecule has 2 aliphatic rings. The van der Waals surface area contributed by atoms with Gasteiger partial charge in [-0.15, -0.1) is 0 Å². The Morgan fingerprint density at radius 2 is 1.71 bits per heavy atom. The lowest BCUT2D eigenvalue weighted by molar-refractivity contribution is -0.122. The van der Waals surface area contributed by atoms with Crippen molar-refractivity contribution in [2.75, 3.05) is 0 Å². The third-order valence-electron chi connectivity index (χ3n) is 4.31. The van der Waals surface area contributed by atoms with E-state index in [4.69, 9.17) is 5.73 Å². The molecule has 0 saturated heterocycles. The molecule has 0 spiro atoms. The van der Waals surface area contributed by atoms with Gasteiger partial charge in [0, 0.05) is 18.0 Å². The van der Waals surface area contributed by atoms with Gasteiger partial charge < -0.3 is 16.2 Å². The average molecular weight is 240 g/mol. The summed E-state index contributed by atoms with van der Waals surface area (Å²) in [5.41, 5.74) is 5.32. The van der Waals surface area contributed by atoms with Crippen molar-refractivity contribution in [3.8, 4) is 0 Å². The molecule has 0 bridgehead atoms. The molecule has 0 radical (unpaired) electrons. The number of hydrogen-bond donors (Lipinski definition) is 3. The maximum absolute atomic E-state index is 11.1. The van der Waals surface area contributed by atoms with Crippen molar-refractivity contribution < 1.29 is 9.90 Å². The van der Waals surface area contributed by atoms with Crippen LogP contribution in [0.4, 0.5) is 0 Å². The largest absolute Gasteiger partial charge is 0.392 e. The number of carbonyl (C=O) groups is 1. The SMILES string of the molecule is NC(=O)C1CCC(N[C@@H]2CCCC[C@H]2O)CC1. The summed E-state index contributed by atoms with van der Waals surface area (Å²) in [6.45, 7) is 0. The summed E-state index contributed by atoms with van der Waals surface area (Å²) in [7, 11) is 0. The first kappa shape index (κ1) is 12.8. The first-order valence-corrected chi connectivity index (χ1v) is 6.90. The van der Waals surface area contributed by atoms with E-state index in [0.717, 1.165) is 44.9 Å². The predicted octanol–water partition coefficient (Wildman–Crippen LogP) is 0.924. The number of nitrogens with two attached hydrogens (primary N) is 1. The van der Waals surface area contributed by atoms with Crippen LogP contribution < -0.4 is 11.1 Å². The molecular weight excluding hydrogens is 216 g/mol. The van der Waals surface area contributed by atoms with Crippen LogP contribution in [-0.4, -0.2) is 29.2 Å². The number of carbonyl (C=O) groups excluding carboxylic acids is 1. The Morgan fingerprint density at radius 3 is 2.29 bits per heavy atom. The van der Waals surface area contributed by atoms with Gasteiger partial charge in [0.15, 0.2) is 0 Å². The molecule has 0 unspecified atom stereocenters.